The van der Waals surface area contributed by atoms with Gasteiger partial charge in [-0.25, -0.2) is 4.39 Å². The highest BCUT2D eigenvalue weighted by Gasteiger charge is 2.10. The molecular formula is C18H24FN3OS. The third-order valence-electron chi connectivity index (χ3n) is 3.61. The van der Waals surface area contributed by atoms with E-state index in [2.05, 4.69) is 34.0 Å². The average molecular weight is 349 g/mol. The fraction of sp³-hybridized carbons (Fsp3) is 0.389. The van der Waals surface area contributed by atoms with E-state index in [0.717, 1.165) is 6.54 Å². The Morgan fingerprint density at radius 3 is 2.62 bits per heavy atom. The van der Waals surface area contributed by atoms with Crippen LogP contribution in [-0.4, -0.2) is 30.7 Å². The molecule has 2 aromatic rings. The first kappa shape index (κ1) is 18.4. The van der Waals surface area contributed by atoms with Crippen LogP contribution in [0.1, 0.15) is 36.3 Å². The molecule has 0 radical (unpaired) electrons. The first-order chi connectivity index (χ1) is 11.6. The minimum atomic E-state index is -0.718. The van der Waals surface area contributed by atoms with E-state index >= 15 is 0 Å². The molecule has 0 saturated heterocycles. The lowest BCUT2D eigenvalue weighted by Crippen LogP contribution is -2.39. The number of rotatable bonds is 7. The lowest BCUT2D eigenvalue weighted by Gasteiger charge is -2.16. The summed E-state index contributed by atoms with van der Waals surface area (Å²) in [5.41, 5.74) is 0.673. The van der Waals surface area contributed by atoms with Gasteiger partial charge in [-0.2, -0.15) is 0 Å². The highest BCUT2D eigenvalue weighted by molar-refractivity contribution is 7.10. The lowest BCUT2D eigenvalue weighted by atomic mass is 10.1. The molecule has 1 aromatic carbocycles. The molecule has 0 aliphatic carbocycles. The number of aliphatic hydroxyl groups excluding tert-OH is 1. The Morgan fingerprint density at radius 2 is 2.00 bits per heavy atom. The fourth-order valence-electron chi connectivity index (χ4n) is 2.23. The van der Waals surface area contributed by atoms with Crippen molar-refractivity contribution in [1.82, 2.24) is 10.6 Å². The minimum Gasteiger partial charge on any atom is -0.387 e. The standard InChI is InChI=1S/C18H24FN3OS/c1-3-20-18(21-11-13(2)17-5-4-10-24-17)22-12-16(23)14-6-8-15(19)9-7-14/h4-10,13,16,23H,3,11-12H2,1-2H3,(H2,20,21,22). The number of thiophene rings is 1. The van der Waals surface area contributed by atoms with Crippen molar-refractivity contribution in [3.8, 4) is 0 Å². The van der Waals surface area contributed by atoms with Gasteiger partial charge in [0.2, 0.25) is 0 Å². The predicted octanol–water partition coefficient (Wildman–Crippen LogP) is 3.28. The minimum absolute atomic E-state index is 0.309. The topological polar surface area (TPSA) is 56.7 Å². The molecule has 0 fully saturated rings. The molecule has 0 aliphatic heterocycles. The molecule has 130 valence electrons. The van der Waals surface area contributed by atoms with Crippen molar-refractivity contribution in [3.63, 3.8) is 0 Å². The molecule has 1 aromatic heterocycles. The van der Waals surface area contributed by atoms with Gasteiger partial charge in [0.1, 0.15) is 5.82 Å². The summed E-state index contributed by atoms with van der Waals surface area (Å²) < 4.78 is 12.9. The summed E-state index contributed by atoms with van der Waals surface area (Å²) in [5.74, 6) is 0.709. The number of hydrogen-bond donors (Lipinski definition) is 3. The van der Waals surface area contributed by atoms with Crippen molar-refractivity contribution >= 4 is 17.3 Å². The lowest BCUT2D eigenvalue weighted by molar-refractivity contribution is 0.180. The van der Waals surface area contributed by atoms with E-state index in [1.165, 1.54) is 17.0 Å². The van der Waals surface area contributed by atoms with Gasteiger partial charge in [0.05, 0.1) is 12.6 Å². The molecule has 1 heterocycles. The smallest absolute Gasteiger partial charge is 0.191 e. The average Bonchev–Trinajstić information content (AvgIpc) is 3.12. The highest BCUT2D eigenvalue weighted by Crippen LogP contribution is 2.20. The van der Waals surface area contributed by atoms with Gasteiger partial charge in [0, 0.05) is 23.9 Å². The number of benzene rings is 1. The maximum Gasteiger partial charge on any atom is 0.191 e. The molecule has 0 spiro atoms. The fourth-order valence-corrected chi connectivity index (χ4v) is 3.01. The molecular weight excluding hydrogens is 325 g/mol. The largest absolute Gasteiger partial charge is 0.387 e. The second-order valence-electron chi connectivity index (χ2n) is 5.58. The van der Waals surface area contributed by atoms with Crippen LogP contribution < -0.4 is 10.6 Å². The summed E-state index contributed by atoms with van der Waals surface area (Å²) in [7, 11) is 0. The predicted molar refractivity (Wildman–Crippen MR) is 98.1 cm³/mol. The van der Waals surface area contributed by atoms with Crippen LogP contribution in [-0.2, 0) is 0 Å². The quantitative estimate of drug-likeness (QED) is 0.531. The van der Waals surface area contributed by atoms with E-state index in [1.807, 2.05) is 13.0 Å². The van der Waals surface area contributed by atoms with Gasteiger partial charge in [0.25, 0.3) is 0 Å². The number of guanidine groups is 1. The third kappa shape index (κ3) is 5.62. The number of hydrogen-bond acceptors (Lipinski definition) is 3. The molecule has 0 saturated carbocycles. The van der Waals surface area contributed by atoms with Crippen LogP contribution >= 0.6 is 11.3 Å². The Bertz CT molecular complexity index is 628. The second-order valence-corrected chi connectivity index (χ2v) is 6.56. The molecule has 2 atom stereocenters. The summed E-state index contributed by atoms with van der Waals surface area (Å²) in [6, 6.07) is 10.0. The van der Waals surface area contributed by atoms with Gasteiger partial charge in [-0.3, -0.25) is 4.99 Å². The Kier molecular flexibility index (Phi) is 7.21. The first-order valence-corrected chi connectivity index (χ1v) is 8.97. The maximum atomic E-state index is 12.9. The molecule has 0 bridgehead atoms. The van der Waals surface area contributed by atoms with Crippen LogP contribution in [0.2, 0.25) is 0 Å². The molecule has 0 amide bonds. The van der Waals surface area contributed by atoms with Crippen molar-refractivity contribution in [1.29, 1.82) is 0 Å². The van der Waals surface area contributed by atoms with Gasteiger partial charge in [0.15, 0.2) is 5.96 Å². The monoisotopic (exact) mass is 349 g/mol. The number of aliphatic hydroxyl groups is 1. The molecule has 3 N–H and O–H groups in total. The summed E-state index contributed by atoms with van der Waals surface area (Å²) in [4.78, 5) is 5.89. The Morgan fingerprint density at radius 1 is 1.25 bits per heavy atom. The summed E-state index contributed by atoms with van der Waals surface area (Å²) in [6.45, 7) is 5.86. The molecule has 2 rings (SSSR count). The molecule has 2 unspecified atom stereocenters. The summed E-state index contributed by atoms with van der Waals surface area (Å²) in [6.07, 6.45) is -0.718. The van der Waals surface area contributed by atoms with Gasteiger partial charge in [-0.05, 0) is 36.1 Å². The zero-order chi connectivity index (χ0) is 17.4. The zero-order valence-corrected chi connectivity index (χ0v) is 14.8. The van der Waals surface area contributed by atoms with E-state index in [-0.39, 0.29) is 5.82 Å². The van der Waals surface area contributed by atoms with E-state index in [1.54, 1.807) is 23.5 Å². The first-order valence-electron chi connectivity index (χ1n) is 8.09. The van der Waals surface area contributed by atoms with Crippen molar-refractivity contribution < 1.29 is 9.50 Å². The number of aliphatic imine (C=N–C) groups is 1. The van der Waals surface area contributed by atoms with Crippen LogP contribution in [0, 0.1) is 5.82 Å². The summed E-state index contributed by atoms with van der Waals surface area (Å²) in [5, 5.41) is 18.6. The highest BCUT2D eigenvalue weighted by atomic mass is 32.1. The molecule has 4 nitrogen and oxygen atoms in total. The molecule has 24 heavy (non-hydrogen) atoms. The molecule has 0 aliphatic rings. The number of halogens is 1. The summed E-state index contributed by atoms with van der Waals surface area (Å²) >= 11 is 1.73. The Labute approximate surface area is 146 Å². The van der Waals surface area contributed by atoms with E-state index in [4.69, 9.17) is 0 Å². The van der Waals surface area contributed by atoms with Gasteiger partial charge in [-0.1, -0.05) is 25.1 Å². The van der Waals surface area contributed by atoms with Crippen LogP contribution in [0.5, 0.6) is 0 Å². The van der Waals surface area contributed by atoms with Crippen LogP contribution in [0.15, 0.2) is 46.8 Å². The third-order valence-corrected chi connectivity index (χ3v) is 4.72. The van der Waals surface area contributed by atoms with Crippen molar-refractivity contribution in [3.05, 3.63) is 58.0 Å². The van der Waals surface area contributed by atoms with Crippen molar-refractivity contribution in [2.45, 2.75) is 25.9 Å². The van der Waals surface area contributed by atoms with Crippen LogP contribution in [0.4, 0.5) is 4.39 Å². The van der Waals surface area contributed by atoms with Crippen molar-refractivity contribution in [2.24, 2.45) is 4.99 Å². The molecule has 6 heteroatoms. The van der Waals surface area contributed by atoms with E-state index in [9.17, 15) is 9.50 Å². The normalized spacial score (nSPS) is 14.2. The zero-order valence-electron chi connectivity index (χ0n) is 14.0. The van der Waals surface area contributed by atoms with Gasteiger partial charge >= 0.3 is 0 Å². The Balaban J connectivity index is 1.90. The van der Waals surface area contributed by atoms with Crippen molar-refractivity contribution in [2.75, 3.05) is 19.6 Å². The van der Waals surface area contributed by atoms with Crippen LogP contribution in [0.25, 0.3) is 0 Å². The maximum absolute atomic E-state index is 12.9. The van der Waals surface area contributed by atoms with Gasteiger partial charge < -0.3 is 15.7 Å². The van der Waals surface area contributed by atoms with Crippen LogP contribution in [0.3, 0.4) is 0 Å². The SMILES string of the molecule is CCNC(=NCC(C)c1cccs1)NCC(O)c1ccc(F)cc1. The second kappa shape index (κ2) is 9.39. The van der Waals surface area contributed by atoms with Gasteiger partial charge in [-0.15, -0.1) is 11.3 Å². The van der Waals surface area contributed by atoms with E-state index in [0.29, 0.717) is 30.5 Å². The number of nitrogens with one attached hydrogen (secondary N) is 2. The Hall–Kier alpha value is -1.92. The van der Waals surface area contributed by atoms with E-state index < -0.39 is 6.10 Å². The number of nitrogens with zero attached hydrogens (tertiary/aromatic N) is 1.